The highest BCUT2D eigenvalue weighted by Gasteiger charge is 2.26. The highest BCUT2D eigenvalue weighted by Crippen LogP contribution is 2.07. The summed E-state index contributed by atoms with van der Waals surface area (Å²) in [6.45, 7) is 15.7. The Morgan fingerprint density at radius 2 is 1.60 bits per heavy atom. The molecule has 0 saturated heterocycles. The molecule has 0 fully saturated rings. The normalized spacial score (nSPS) is 13.5. The van der Waals surface area contributed by atoms with Crippen molar-refractivity contribution in [2.45, 2.75) is 33.6 Å². The summed E-state index contributed by atoms with van der Waals surface area (Å²) in [5.41, 5.74) is 2.04. The van der Waals surface area contributed by atoms with Crippen LogP contribution in [0, 0.1) is 0 Å². The summed E-state index contributed by atoms with van der Waals surface area (Å²) in [5.74, 6) is -0.0580. The molecule has 1 unspecified atom stereocenters. The first kappa shape index (κ1) is 14.8. The van der Waals surface area contributed by atoms with E-state index in [1.807, 2.05) is 19.5 Å². The van der Waals surface area contributed by atoms with Gasteiger partial charge in [0.2, 0.25) is 8.96 Å². The predicted octanol–water partition coefficient (Wildman–Crippen LogP) is 1.72. The molecule has 0 aliphatic carbocycles. The van der Waals surface area contributed by atoms with Crippen molar-refractivity contribution in [2.75, 3.05) is 26.3 Å². The molecule has 0 saturated carbocycles. The lowest BCUT2D eigenvalue weighted by molar-refractivity contribution is -0.0886. The van der Waals surface area contributed by atoms with Crippen molar-refractivity contribution in [1.29, 1.82) is 0 Å². The van der Waals surface area contributed by atoms with Crippen molar-refractivity contribution in [2.24, 2.45) is 0 Å². The van der Waals surface area contributed by atoms with Gasteiger partial charge in [-0.15, -0.1) is 6.58 Å². The van der Waals surface area contributed by atoms with Crippen LogP contribution in [0.25, 0.3) is 0 Å². The SMILES string of the molecule is C=C[SiH](C(OCC)OCC)N(CC)CC. The molecular weight excluding hydrogens is 206 g/mol. The molecule has 0 N–H and O–H groups in total. The van der Waals surface area contributed by atoms with E-state index in [0.717, 1.165) is 13.1 Å². The first-order valence-electron chi connectivity index (χ1n) is 5.84. The minimum absolute atomic E-state index is 0.0580. The van der Waals surface area contributed by atoms with Gasteiger partial charge in [0.25, 0.3) is 0 Å². The van der Waals surface area contributed by atoms with Crippen LogP contribution in [0.5, 0.6) is 0 Å². The smallest absolute Gasteiger partial charge is 0.201 e. The van der Waals surface area contributed by atoms with Crippen LogP contribution in [0.1, 0.15) is 27.7 Å². The van der Waals surface area contributed by atoms with Gasteiger partial charge in [-0.25, -0.2) is 0 Å². The van der Waals surface area contributed by atoms with Crippen LogP contribution in [0.15, 0.2) is 12.3 Å². The summed E-state index contributed by atoms with van der Waals surface area (Å²) in [6, 6.07) is 0. The summed E-state index contributed by atoms with van der Waals surface area (Å²) in [7, 11) is -1.33. The lowest BCUT2D eigenvalue weighted by atomic mass is 10.7. The Labute approximate surface area is 95.7 Å². The van der Waals surface area contributed by atoms with E-state index < -0.39 is 8.96 Å². The first-order valence-corrected chi connectivity index (χ1v) is 7.69. The molecule has 0 radical (unpaired) electrons. The molecule has 15 heavy (non-hydrogen) atoms. The fraction of sp³-hybridized carbons (Fsp3) is 0.818. The maximum absolute atomic E-state index is 5.65. The Hall–Kier alpha value is -0.163. The van der Waals surface area contributed by atoms with E-state index in [1.165, 1.54) is 0 Å². The molecule has 3 nitrogen and oxygen atoms in total. The monoisotopic (exact) mass is 231 g/mol. The van der Waals surface area contributed by atoms with Gasteiger partial charge in [-0.1, -0.05) is 19.5 Å². The number of hydrogen-bond acceptors (Lipinski definition) is 3. The average molecular weight is 231 g/mol. The van der Waals surface area contributed by atoms with Crippen LogP contribution >= 0.6 is 0 Å². The minimum atomic E-state index is -1.33. The highest BCUT2D eigenvalue weighted by molar-refractivity contribution is 6.62. The third-order valence-corrected chi connectivity index (χ3v) is 5.42. The largest absolute Gasteiger partial charge is 0.355 e. The van der Waals surface area contributed by atoms with E-state index >= 15 is 0 Å². The predicted molar refractivity (Wildman–Crippen MR) is 67.3 cm³/mol. The maximum atomic E-state index is 5.65. The summed E-state index contributed by atoms with van der Waals surface area (Å²) in [5, 5.41) is 0. The third kappa shape index (κ3) is 4.93. The fourth-order valence-corrected chi connectivity index (χ4v) is 4.14. The molecule has 90 valence electrons. The number of ether oxygens (including phenoxy) is 2. The highest BCUT2D eigenvalue weighted by atomic mass is 28.3. The van der Waals surface area contributed by atoms with Crippen LogP contribution < -0.4 is 0 Å². The van der Waals surface area contributed by atoms with Gasteiger partial charge in [0.1, 0.15) is 0 Å². The molecule has 0 aromatic heterocycles. The lowest BCUT2D eigenvalue weighted by Crippen LogP contribution is -2.49. The molecule has 0 aromatic carbocycles. The van der Waals surface area contributed by atoms with E-state index in [9.17, 15) is 0 Å². The van der Waals surface area contributed by atoms with E-state index in [4.69, 9.17) is 9.47 Å². The quantitative estimate of drug-likeness (QED) is 0.445. The third-order valence-electron chi connectivity index (χ3n) is 2.42. The Kier molecular flexibility index (Phi) is 8.99. The van der Waals surface area contributed by atoms with Crippen LogP contribution in [-0.2, 0) is 9.47 Å². The summed E-state index contributed by atoms with van der Waals surface area (Å²) in [6.07, 6.45) is 0. The molecule has 0 aromatic rings. The molecular formula is C11H25NO2Si. The van der Waals surface area contributed by atoms with Crippen LogP contribution in [0.3, 0.4) is 0 Å². The van der Waals surface area contributed by atoms with Gasteiger partial charge in [0.15, 0.2) is 5.91 Å². The van der Waals surface area contributed by atoms with Gasteiger partial charge in [0, 0.05) is 13.2 Å². The topological polar surface area (TPSA) is 21.7 Å². The van der Waals surface area contributed by atoms with Crippen molar-refractivity contribution in [3.8, 4) is 0 Å². The van der Waals surface area contributed by atoms with Gasteiger partial charge in [-0.3, -0.25) is 0 Å². The van der Waals surface area contributed by atoms with Crippen molar-refractivity contribution < 1.29 is 9.47 Å². The molecule has 0 spiro atoms. The molecule has 1 atom stereocenters. The average Bonchev–Trinajstić information content (AvgIpc) is 2.25. The summed E-state index contributed by atoms with van der Waals surface area (Å²) in [4.78, 5) is 0. The second kappa shape index (κ2) is 9.09. The van der Waals surface area contributed by atoms with E-state index in [1.54, 1.807) is 0 Å². The van der Waals surface area contributed by atoms with E-state index in [2.05, 4.69) is 25.0 Å². The fourth-order valence-electron chi connectivity index (χ4n) is 1.65. The van der Waals surface area contributed by atoms with Gasteiger partial charge in [0.05, 0.1) is 0 Å². The number of rotatable bonds is 9. The van der Waals surface area contributed by atoms with Gasteiger partial charge in [-0.2, -0.15) is 0 Å². The Bertz CT molecular complexity index is 157. The second-order valence-corrected chi connectivity index (χ2v) is 5.95. The Balaban J connectivity index is 4.47. The number of nitrogens with zero attached hydrogens (tertiary/aromatic N) is 1. The molecule has 0 heterocycles. The molecule has 0 rings (SSSR count). The first-order chi connectivity index (χ1) is 7.24. The zero-order valence-corrected chi connectivity index (χ0v) is 11.7. The molecule has 4 heteroatoms. The Morgan fingerprint density at radius 1 is 1.13 bits per heavy atom. The van der Waals surface area contributed by atoms with Crippen LogP contribution in [0.4, 0.5) is 0 Å². The summed E-state index contributed by atoms with van der Waals surface area (Å²) < 4.78 is 13.7. The van der Waals surface area contributed by atoms with Crippen molar-refractivity contribution in [1.82, 2.24) is 4.57 Å². The second-order valence-electron chi connectivity index (χ2n) is 3.23. The van der Waals surface area contributed by atoms with Gasteiger partial charge in [-0.05, 0) is 26.9 Å². The maximum Gasteiger partial charge on any atom is 0.201 e. The van der Waals surface area contributed by atoms with Crippen molar-refractivity contribution >= 4 is 8.96 Å². The zero-order chi connectivity index (χ0) is 11.7. The van der Waals surface area contributed by atoms with Crippen molar-refractivity contribution in [3.63, 3.8) is 0 Å². The van der Waals surface area contributed by atoms with Crippen LogP contribution in [0.2, 0.25) is 0 Å². The summed E-state index contributed by atoms with van der Waals surface area (Å²) >= 11 is 0. The lowest BCUT2D eigenvalue weighted by Gasteiger charge is -2.31. The molecule has 0 bridgehead atoms. The van der Waals surface area contributed by atoms with Crippen molar-refractivity contribution in [3.05, 3.63) is 12.3 Å². The van der Waals surface area contributed by atoms with E-state index in [0.29, 0.717) is 13.2 Å². The molecule has 0 aliphatic rings. The zero-order valence-electron chi connectivity index (χ0n) is 10.5. The van der Waals surface area contributed by atoms with Gasteiger partial charge >= 0.3 is 0 Å². The minimum Gasteiger partial charge on any atom is -0.355 e. The Morgan fingerprint density at radius 3 is 1.87 bits per heavy atom. The van der Waals surface area contributed by atoms with Crippen LogP contribution in [-0.4, -0.2) is 45.7 Å². The number of hydrogen-bond donors (Lipinski definition) is 0. The molecule has 0 amide bonds. The standard InChI is InChI=1S/C11H25NO2Si/c1-6-12(7-2)15(10-5)11(13-8-3)14-9-4/h10-11,15H,5-9H2,1-4H3. The molecule has 0 aliphatic heterocycles. The van der Waals surface area contributed by atoms with E-state index in [-0.39, 0.29) is 5.91 Å². The van der Waals surface area contributed by atoms with Gasteiger partial charge < -0.3 is 14.0 Å².